The summed E-state index contributed by atoms with van der Waals surface area (Å²) in [6.45, 7) is 4.66. The zero-order chi connectivity index (χ0) is 15.5. The molecule has 0 aromatic heterocycles. The molecule has 0 heterocycles. The van der Waals surface area contributed by atoms with Crippen LogP contribution in [0.2, 0.25) is 0 Å². The minimum atomic E-state index is -1.09. The quantitative estimate of drug-likeness (QED) is 0.844. The zero-order valence-corrected chi connectivity index (χ0v) is 12.4. The SMILES string of the molecule is CC(C)COc1cccc(C(=O)NC2(C(=O)O)CCC2)c1. The smallest absolute Gasteiger partial charge is 0.329 e. The molecule has 1 aromatic carbocycles. The van der Waals surface area contributed by atoms with Crippen LogP contribution in [0.15, 0.2) is 24.3 Å². The lowest BCUT2D eigenvalue weighted by Crippen LogP contribution is -2.59. The van der Waals surface area contributed by atoms with E-state index in [4.69, 9.17) is 4.74 Å². The van der Waals surface area contributed by atoms with Crippen molar-refractivity contribution in [2.24, 2.45) is 5.92 Å². The molecular formula is C16H21NO4. The van der Waals surface area contributed by atoms with E-state index < -0.39 is 11.5 Å². The van der Waals surface area contributed by atoms with E-state index in [1.165, 1.54) is 0 Å². The lowest BCUT2D eigenvalue weighted by Gasteiger charge is -2.38. The van der Waals surface area contributed by atoms with Gasteiger partial charge in [-0.1, -0.05) is 19.9 Å². The average Bonchev–Trinajstić information content (AvgIpc) is 2.40. The van der Waals surface area contributed by atoms with E-state index in [-0.39, 0.29) is 5.91 Å². The highest BCUT2D eigenvalue weighted by Gasteiger charge is 2.45. The number of carboxylic acid groups (broad SMARTS) is 1. The van der Waals surface area contributed by atoms with Crippen LogP contribution in [-0.2, 0) is 4.79 Å². The van der Waals surface area contributed by atoms with E-state index >= 15 is 0 Å². The Kier molecular flexibility index (Phi) is 4.50. The predicted octanol–water partition coefficient (Wildman–Crippen LogP) is 2.46. The molecule has 0 unspecified atom stereocenters. The van der Waals surface area contributed by atoms with Gasteiger partial charge in [-0.25, -0.2) is 4.79 Å². The molecular weight excluding hydrogens is 270 g/mol. The molecule has 0 radical (unpaired) electrons. The molecule has 0 aliphatic heterocycles. The zero-order valence-electron chi connectivity index (χ0n) is 12.4. The molecule has 0 atom stereocenters. The number of rotatable bonds is 6. The molecule has 1 fully saturated rings. The number of amides is 1. The maximum Gasteiger partial charge on any atom is 0.329 e. The monoisotopic (exact) mass is 291 g/mol. The Morgan fingerprint density at radius 1 is 1.38 bits per heavy atom. The van der Waals surface area contributed by atoms with Crippen LogP contribution in [0.1, 0.15) is 43.5 Å². The van der Waals surface area contributed by atoms with Gasteiger partial charge >= 0.3 is 5.97 Å². The molecule has 1 amide bonds. The molecule has 114 valence electrons. The largest absolute Gasteiger partial charge is 0.493 e. The van der Waals surface area contributed by atoms with Crippen LogP contribution in [-0.4, -0.2) is 29.1 Å². The van der Waals surface area contributed by atoms with Crippen LogP contribution in [0, 0.1) is 5.92 Å². The number of hydrogen-bond acceptors (Lipinski definition) is 3. The summed E-state index contributed by atoms with van der Waals surface area (Å²) in [4.78, 5) is 23.5. The van der Waals surface area contributed by atoms with Crippen LogP contribution in [0.5, 0.6) is 5.75 Å². The van der Waals surface area contributed by atoms with Crippen molar-refractivity contribution in [3.05, 3.63) is 29.8 Å². The Morgan fingerprint density at radius 3 is 2.62 bits per heavy atom. The summed E-state index contributed by atoms with van der Waals surface area (Å²) in [5, 5.41) is 11.9. The molecule has 2 N–H and O–H groups in total. The summed E-state index contributed by atoms with van der Waals surface area (Å²) in [5.41, 5.74) is -0.671. The molecule has 0 saturated heterocycles. The van der Waals surface area contributed by atoms with Crippen molar-refractivity contribution in [2.45, 2.75) is 38.6 Å². The first-order valence-electron chi connectivity index (χ1n) is 7.22. The summed E-state index contributed by atoms with van der Waals surface area (Å²) < 4.78 is 5.58. The fourth-order valence-electron chi connectivity index (χ4n) is 2.20. The van der Waals surface area contributed by atoms with Crippen molar-refractivity contribution in [3.8, 4) is 5.75 Å². The van der Waals surface area contributed by atoms with Gasteiger partial charge in [-0.3, -0.25) is 4.79 Å². The van der Waals surface area contributed by atoms with Gasteiger partial charge < -0.3 is 15.2 Å². The Hall–Kier alpha value is -2.04. The van der Waals surface area contributed by atoms with Gasteiger partial charge in [0.15, 0.2) is 0 Å². The fourth-order valence-corrected chi connectivity index (χ4v) is 2.20. The van der Waals surface area contributed by atoms with Crippen molar-refractivity contribution < 1.29 is 19.4 Å². The Labute approximate surface area is 124 Å². The van der Waals surface area contributed by atoms with E-state index in [9.17, 15) is 14.7 Å². The van der Waals surface area contributed by atoms with E-state index in [2.05, 4.69) is 5.32 Å². The minimum absolute atomic E-state index is 0.368. The molecule has 2 rings (SSSR count). The molecule has 1 saturated carbocycles. The van der Waals surface area contributed by atoms with Gasteiger partial charge in [0.25, 0.3) is 5.91 Å². The second-order valence-corrected chi connectivity index (χ2v) is 5.93. The molecule has 1 aliphatic rings. The van der Waals surface area contributed by atoms with Crippen LogP contribution in [0.25, 0.3) is 0 Å². The summed E-state index contributed by atoms with van der Waals surface area (Å²) in [5.74, 6) is -0.316. The Morgan fingerprint density at radius 2 is 2.10 bits per heavy atom. The maximum absolute atomic E-state index is 12.2. The molecule has 5 nitrogen and oxygen atoms in total. The van der Waals surface area contributed by atoms with E-state index in [0.717, 1.165) is 6.42 Å². The number of hydrogen-bond donors (Lipinski definition) is 2. The van der Waals surface area contributed by atoms with Crippen molar-refractivity contribution in [1.29, 1.82) is 0 Å². The van der Waals surface area contributed by atoms with Crippen molar-refractivity contribution in [3.63, 3.8) is 0 Å². The Bertz CT molecular complexity index is 535. The summed E-state index contributed by atoms with van der Waals surface area (Å²) >= 11 is 0. The standard InChI is InChI=1S/C16H21NO4/c1-11(2)10-21-13-6-3-5-12(9-13)14(18)17-16(15(19)20)7-4-8-16/h3,5-6,9,11H,4,7-8,10H2,1-2H3,(H,17,18)(H,19,20). The third kappa shape index (κ3) is 3.54. The molecule has 0 bridgehead atoms. The van der Waals surface area contributed by atoms with Crippen molar-refractivity contribution in [2.75, 3.05) is 6.61 Å². The highest BCUT2D eigenvalue weighted by Crippen LogP contribution is 2.32. The lowest BCUT2D eigenvalue weighted by atomic mass is 9.76. The van der Waals surface area contributed by atoms with Crippen LogP contribution in [0.4, 0.5) is 0 Å². The molecule has 21 heavy (non-hydrogen) atoms. The Balaban J connectivity index is 2.05. The summed E-state index contributed by atoms with van der Waals surface area (Å²) in [6.07, 6.45) is 1.79. The van der Waals surface area contributed by atoms with E-state index in [0.29, 0.717) is 36.7 Å². The third-order valence-electron chi connectivity index (χ3n) is 3.65. The maximum atomic E-state index is 12.2. The predicted molar refractivity (Wildman–Crippen MR) is 78.5 cm³/mol. The van der Waals surface area contributed by atoms with Crippen molar-refractivity contribution in [1.82, 2.24) is 5.32 Å². The third-order valence-corrected chi connectivity index (χ3v) is 3.65. The normalized spacial score (nSPS) is 16.1. The number of benzene rings is 1. The van der Waals surface area contributed by atoms with Gasteiger partial charge in [-0.05, 0) is 43.4 Å². The van der Waals surface area contributed by atoms with Crippen LogP contribution >= 0.6 is 0 Å². The highest BCUT2D eigenvalue weighted by molar-refractivity contribution is 5.98. The molecule has 5 heteroatoms. The second kappa shape index (κ2) is 6.16. The van der Waals surface area contributed by atoms with Gasteiger partial charge in [-0.15, -0.1) is 0 Å². The summed E-state index contributed by atoms with van der Waals surface area (Å²) in [6, 6.07) is 6.83. The molecule has 1 aliphatic carbocycles. The van der Waals surface area contributed by atoms with Gasteiger partial charge in [0.1, 0.15) is 11.3 Å². The van der Waals surface area contributed by atoms with Gasteiger partial charge in [0, 0.05) is 5.56 Å². The van der Waals surface area contributed by atoms with Crippen LogP contribution in [0.3, 0.4) is 0 Å². The number of nitrogens with one attached hydrogen (secondary N) is 1. The second-order valence-electron chi connectivity index (χ2n) is 5.93. The first-order chi connectivity index (χ1) is 9.93. The van der Waals surface area contributed by atoms with E-state index in [1.54, 1.807) is 24.3 Å². The van der Waals surface area contributed by atoms with Crippen molar-refractivity contribution >= 4 is 11.9 Å². The summed E-state index contributed by atoms with van der Waals surface area (Å²) in [7, 11) is 0. The number of carboxylic acids is 1. The minimum Gasteiger partial charge on any atom is -0.493 e. The number of ether oxygens (including phenoxy) is 1. The fraction of sp³-hybridized carbons (Fsp3) is 0.500. The van der Waals surface area contributed by atoms with Crippen LogP contribution < -0.4 is 10.1 Å². The first-order valence-corrected chi connectivity index (χ1v) is 7.22. The van der Waals surface area contributed by atoms with E-state index in [1.807, 2.05) is 13.8 Å². The van der Waals surface area contributed by atoms with Gasteiger partial charge in [0.05, 0.1) is 6.61 Å². The van der Waals surface area contributed by atoms with Gasteiger partial charge in [0.2, 0.25) is 0 Å². The van der Waals surface area contributed by atoms with Gasteiger partial charge in [-0.2, -0.15) is 0 Å². The topological polar surface area (TPSA) is 75.6 Å². The first kappa shape index (κ1) is 15.4. The molecule has 0 spiro atoms. The lowest BCUT2D eigenvalue weighted by molar-refractivity contribution is -0.148. The number of carbonyl (C=O) groups excluding carboxylic acids is 1. The average molecular weight is 291 g/mol. The number of aliphatic carboxylic acids is 1. The molecule has 1 aromatic rings. The highest BCUT2D eigenvalue weighted by atomic mass is 16.5. The number of carbonyl (C=O) groups is 2.